The zero-order valence-electron chi connectivity index (χ0n) is 17.0. The molecule has 0 spiro atoms. The van der Waals surface area contributed by atoms with E-state index < -0.39 is 0 Å². The molecule has 0 N–H and O–H groups in total. The van der Waals surface area contributed by atoms with E-state index in [1.54, 1.807) is 48.1 Å². The van der Waals surface area contributed by atoms with Gasteiger partial charge >= 0.3 is 0 Å². The summed E-state index contributed by atoms with van der Waals surface area (Å²) in [5.41, 5.74) is 1.76. The molecule has 154 valence electrons. The molecule has 1 aliphatic rings. The maximum absolute atomic E-state index is 13.0. The van der Waals surface area contributed by atoms with Gasteiger partial charge in [0.25, 0.3) is 11.8 Å². The van der Waals surface area contributed by atoms with Gasteiger partial charge in [0.2, 0.25) is 5.89 Å². The molecule has 0 saturated carbocycles. The summed E-state index contributed by atoms with van der Waals surface area (Å²) in [5, 5.41) is 0. The Morgan fingerprint density at radius 1 is 0.900 bits per heavy atom. The Hall–Kier alpha value is -3.61. The fourth-order valence-electron chi connectivity index (χ4n) is 3.48. The summed E-state index contributed by atoms with van der Waals surface area (Å²) in [6.07, 6.45) is 0. The van der Waals surface area contributed by atoms with Gasteiger partial charge in [-0.1, -0.05) is 18.2 Å². The smallest absolute Gasteiger partial charge is 0.276 e. The van der Waals surface area contributed by atoms with Crippen molar-refractivity contribution < 1.29 is 18.7 Å². The van der Waals surface area contributed by atoms with Crippen LogP contribution in [-0.2, 0) is 0 Å². The van der Waals surface area contributed by atoms with Gasteiger partial charge in [0.15, 0.2) is 5.69 Å². The Kier molecular flexibility index (Phi) is 5.52. The molecule has 3 aromatic rings. The first-order valence-corrected chi connectivity index (χ1v) is 9.82. The van der Waals surface area contributed by atoms with Crippen molar-refractivity contribution in [1.29, 1.82) is 0 Å². The highest BCUT2D eigenvalue weighted by Gasteiger charge is 2.28. The third kappa shape index (κ3) is 3.91. The molecule has 1 saturated heterocycles. The van der Waals surface area contributed by atoms with Crippen molar-refractivity contribution >= 4 is 11.8 Å². The lowest BCUT2D eigenvalue weighted by atomic mass is 10.1. The molecule has 0 aliphatic carbocycles. The van der Waals surface area contributed by atoms with Gasteiger partial charge in [-0.15, -0.1) is 0 Å². The van der Waals surface area contributed by atoms with E-state index in [1.165, 1.54) is 0 Å². The van der Waals surface area contributed by atoms with Crippen molar-refractivity contribution in [1.82, 2.24) is 14.8 Å². The fraction of sp³-hybridized carbons (Fsp3) is 0.261. The molecule has 1 fully saturated rings. The van der Waals surface area contributed by atoms with Gasteiger partial charge < -0.3 is 19.0 Å². The summed E-state index contributed by atoms with van der Waals surface area (Å²) in [7, 11) is 1.59. The topological polar surface area (TPSA) is 75.9 Å². The van der Waals surface area contributed by atoms with Crippen LogP contribution in [0.4, 0.5) is 0 Å². The van der Waals surface area contributed by atoms with Gasteiger partial charge in [0, 0.05) is 37.3 Å². The highest BCUT2D eigenvalue weighted by molar-refractivity contribution is 5.95. The number of amides is 2. The average Bonchev–Trinajstić information content (AvgIpc) is 3.20. The van der Waals surface area contributed by atoms with Crippen LogP contribution in [0.3, 0.4) is 0 Å². The minimum atomic E-state index is -0.171. The van der Waals surface area contributed by atoms with Crippen LogP contribution < -0.4 is 4.74 Å². The number of aryl methyl sites for hydroxylation is 1. The second-order valence-electron chi connectivity index (χ2n) is 7.10. The van der Waals surface area contributed by atoms with E-state index in [0.717, 1.165) is 5.56 Å². The number of oxazole rings is 1. The van der Waals surface area contributed by atoms with Crippen LogP contribution in [0.1, 0.15) is 26.6 Å². The molecule has 2 aromatic carbocycles. The maximum Gasteiger partial charge on any atom is 0.276 e. The van der Waals surface area contributed by atoms with Crippen molar-refractivity contribution in [2.45, 2.75) is 6.92 Å². The predicted molar refractivity (Wildman–Crippen MR) is 111 cm³/mol. The fourth-order valence-corrected chi connectivity index (χ4v) is 3.48. The van der Waals surface area contributed by atoms with E-state index in [4.69, 9.17) is 9.15 Å². The summed E-state index contributed by atoms with van der Waals surface area (Å²) in [5.74, 6) is 1.42. The summed E-state index contributed by atoms with van der Waals surface area (Å²) < 4.78 is 10.8. The second-order valence-corrected chi connectivity index (χ2v) is 7.10. The number of methoxy groups -OCH3 is 1. The standard InChI is InChI=1S/C23H23N3O4/c1-16-20(24-21(30-16)17-6-4-3-5-7-17)23(28)26-14-12-25(13-15-26)22(27)18-8-10-19(29-2)11-9-18/h3-11H,12-15H2,1-2H3. The number of rotatable bonds is 4. The van der Waals surface area contributed by atoms with Crippen LogP contribution in [0.5, 0.6) is 5.75 Å². The number of hydrogen-bond donors (Lipinski definition) is 0. The Morgan fingerprint density at radius 2 is 1.50 bits per heavy atom. The molecule has 1 aliphatic heterocycles. The molecule has 0 bridgehead atoms. The number of aromatic nitrogens is 1. The average molecular weight is 405 g/mol. The Bertz CT molecular complexity index is 1040. The minimum Gasteiger partial charge on any atom is -0.497 e. The molecule has 0 radical (unpaired) electrons. The molecule has 2 heterocycles. The lowest BCUT2D eigenvalue weighted by Crippen LogP contribution is -2.50. The SMILES string of the molecule is COc1ccc(C(=O)N2CCN(C(=O)c3nc(-c4ccccc4)oc3C)CC2)cc1. The Labute approximate surface area is 174 Å². The highest BCUT2D eigenvalue weighted by Crippen LogP contribution is 2.23. The molecule has 30 heavy (non-hydrogen) atoms. The van der Waals surface area contributed by atoms with Crippen LogP contribution in [-0.4, -0.2) is 59.9 Å². The molecule has 7 heteroatoms. The van der Waals surface area contributed by atoms with Gasteiger partial charge in [-0.05, 0) is 43.3 Å². The number of ether oxygens (including phenoxy) is 1. The third-order valence-electron chi connectivity index (χ3n) is 5.21. The number of hydrogen-bond acceptors (Lipinski definition) is 5. The maximum atomic E-state index is 13.0. The third-order valence-corrected chi connectivity index (χ3v) is 5.21. The van der Waals surface area contributed by atoms with Gasteiger partial charge in [-0.25, -0.2) is 4.98 Å². The van der Waals surface area contributed by atoms with E-state index in [-0.39, 0.29) is 11.8 Å². The van der Waals surface area contributed by atoms with Crippen molar-refractivity contribution in [2.24, 2.45) is 0 Å². The first-order valence-electron chi connectivity index (χ1n) is 9.82. The molecule has 0 unspecified atom stereocenters. The van der Waals surface area contributed by atoms with E-state index in [9.17, 15) is 9.59 Å². The van der Waals surface area contributed by atoms with Crippen molar-refractivity contribution in [3.05, 3.63) is 71.6 Å². The predicted octanol–water partition coefficient (Wildman–Crippen LogP) is 3.26. The van der Waals surface area contributed by atoms with Crippen LogP contribution >= 0.6 is 0 Å². The van der Waals surface area contributed by atoms with Crippen LogP contribution in [0.2, 0.25) is 0 Å². The molecule has 2 amide bonds. The second kappa shape index (κ2) is 8.41. The quantitative estimate of drug-likeness (QED) is 0.666. The molecule has 7 nitrogen and oxygen atoms in total. The van der Waals surface area contributed by atoms with Gasteiger partial charge in [0.05, 0.1) is 7.11 Å². The highest BCUT2D eigenvalue weighted by atomic mass is 16.5. The number of piperazine rings is 1. The Morgan fingerprint density at radius 3 is 2.10 bits per heavy atom. The van der Waals surface area contributed by atoms with Crippen molar-refractivity contribution in [3.8, 4) is 17.2 Å². The van der Waals surface area contributed by atoms with Gasteiger partial charge in [-0.3, -0.25) is 9.59 Å². The summed E-state index contributed by atoms with van der Waals surface area (Å²) in [4.78, 5) is 33.6. The minimum absolute atomic E-state index is 0.0475. The van der Waals surface area contributed by atoms with E-state index in [1.807, 2.05) is 30.3 Å². The summed E-state index contributed by atoms with van der Waals surface area (Å²) >= 11 is 0. The zero-order valence-corrected chi connectivity index (χ0v) is 17.0. The van der Waals surface area contributed by atoms with Crippen molar-refractivity contribution in [3.63, 3.8) is 0 Å². The zero-order chi connectivity index (χ0) is 21.1. The largest absolute Gasteiger partial charge is 0.497 e. The molecular weight excluding hydrogens is 382 g/mol. The molecule has 0 atom stereocenters. The monoisotopic (exact) mass is 405 g/mol. The first-order chi connectivity index (χ1) is 14.6. The van der Waals surface area contributed by atoms with Gasteiger partial charge in [-0.2, -0.15) is 0 Å². The van der Waals surface area contributed by atoms with Crippen LogP contribution in [0.25, 0.3) is 11.5 Å². The van der Waals surface area contributed by atoms with Crippen LogP contribution in [0.15, 0.2) is 59.0 Å². The van der Waals surface area contributed by atoms with E-state index in [0.29, 0.717) is 54.8 Å². The lowest BCUT2D eigenvalue weighted by Gasteiger charge is -2.34. The normalized spacial score (nSPS) is 13.9. The molecule has 1 aromatic heterocycles. The first kappa shape index (κ1) is 19.7. The van der Waals surface area contributed by atoms with Gasteiger partial charge in [0.1, 0.15) is 11.5 Å². The summed E-state index contributed by atoms with van der Waals surface area (Å²) in [6.45, 7) is 3.59. The number of nitrogens with zero attached hydrogens (tertiary/aromatic N) is 3. The van der Waals surface area contributed by atoms with Crippen molar-refractivity contribution in [2.75, 3.05) is 33.3 Å². The molecular formula is C23H23N3O4. The summed E-state index contributed by atoms with van der Waals surface area (Å²) in [6, 6.07) is 16.5. The number of carbonyl (C=O) groups is 2. The number of carbonyl (C=O) groups excluding carboxylic acids is 2. The van der Waals surface area contributed by atoms with E-state index in [2.05, 4.69) is 4.98 Å². The number of benzene rings is 2. The Balaban J connectivity index is 1.41. The molecule has 4 rings (SSSR count). The lowest BCUT2D eigenvalue weighted by molar-refractivity contribution is 0.0531. The van der Waals surface area contributed by atoms with E-state index >= 15 is 0 Å². The van der Waals surface area contributed by atoms with Crippen LogP contribution in [0, 0.1) is 6.92 Å².